The maximum Gasteiger partial charge on any atom is 0.314 e. The molecule has 1 aromatic rings. The lowest BCUT2D eigenvalue weighted by Crippen LogP contribution is -2.32. The minimum absolute atomic E-state index is 0.0155. The fourth-order valence-electron chi connectivity index (χ4n) is 2.86. The lowest BCUT2D eigenvalue weighted by Gasteiger charge is -2.26. The molecule has 1 saturated carbocycles. The fraction of sp³-hybridized carbons (Fsp3) is 0.500. The molecule has 1 aliphatic rings. The van der Waals surface area contributed by atoms with Crippen molar-refractivity contribution in [2.24, 2.45) is 0 Å². The molecule has 0 amide bonds. The molecule has 0 radical (unpaired) electrons. The van der Waals surface area contributed by atoms with Crippen molar-refractivity contribution in [3.05, 3.63) is 23.3 Å². The van der Waals surface area contributed by atoms with Gasteiger partial charge >= 0.3 is 5.97 Å². The highest BCUT2D eigenvalue weighted by Crippen LogP contribution is 2.46. The zero-order valence-electron chi connectivity index (χ0n) is 10.7. The largest absolute Gasteiger partial charge is 0.507 e. The Morgan fingerprint density at radius 2 is 1.94 bits per heavy atom. The van der Waals surface area contributed by atoms with Gasteiger partial charge < -0.3 is 14.9 Å². The molecule has 4 heteroatoms. The van der Waals surface area contributed by atoms with Crippen molar-refractivity contribution in [1.29, 1.82) is 0 Å². The first-order valence-electron chi connectivity index (χ1n) is 6.13. The summed E-state index contributed by atoms with van der Waals surface area (Å²) in [5.41, 5.74) is 0.435. The van der Waals surface area contributed by atoms with Crippen LogP contribution in [-0.2, 0) is 10.2 Å². The number of rotatable bonds is 3. The van der Waals surface area contributed by atoms with Crippen molar-refractivity contribution < 1.29 is 19.7 Å². The number of aromatic hydroxyl groups is 1. The minimum Gasteiger partial charge on any atom is -0.507 e. The van der Waals surface area contributed by atoms with Gasteiger partial charge in [0, 0.05) is 11.6 Å². The van der Waals surface area contributed by atoms with Crippen LogP contribution < -0.4 is 4.74 Å². The summed E-state index contributed by atoms with van der Waals surface area (Å²) in [5.74, 6) is -0.253. The van der Waals surface area contributed by atoms with E-state index in [0.29, 0.717) is 24.2 Å². The number of carboxylic acid groups (broad SMARTS) is 1. The lowest BCUT2D eigenvalue weighted by molar-refractivity contribution is -0.143. The third-order valence-electron chi connectivity index (χ3n) is 3.90. The van der Waals surface area contributed by atoms with Gasteiger partial charge in [-0.15, -0.1) is 0 Å². The maximum atomic E-state index is 11.6. The van der Waals surface area contributed by atoms with E-state index in [1.807, 2.05) is 6.92 Å². The Bertz CT molecular complexity index is 473. The summed E-state index contributed by atoms with van der Waals surface area (Å²) in [6.45, 7) is 1.85. The van der Waals surface area contributed by atoms with E-state index in [0.717, 1.165) is 18.4 Å². The van der Waals surface area contributed by atoms with E-state index in [1.165, 1.54) is 13.2 Å². The van der Waals surface area contributed by atoms with Crippen LogP contribution in [0.2, 0.25) is 0 Å². The Morgan fingerprint density at radius 1 is 1.33 bits per heavy atom. The number of hydrogen-bond donors (Lipinski definition) is 2. The lowest BCUT2D eigenvalue weighted by atomic mass is 9.78. The SMILES string of the molecule is COc1cc(O)c(C2(C(=O)O)CCCC2)cc1C. The number of phenolic OH excluding ortho intramolecular Hbond substituents is 1. The number of carboxylic acids is 1. The summed E-state index contributed by atoms with van der Waals surface area (Å²) >= 11 is 0. The van der Waals surface area contributed by atoms with Gasteiger partial charge in [0.1, 0.15) is 11.5 Å². The first-order chi connectivity index (χ1) is 8.51. The number of hydrogen-bond acceptors (Lipinski definition) is 3. The van der Waals surface area contributed by atoms with E-state index in [1.54, 1.807) is 6.07 Å². The molecule has 1 aromatic carbocycles. The minimum atomic E-state index is -0.929. The topological polar surface area (TPSA) is 66.8 Å². The number of ether oxygens (including phenoxy) is 1. The van der Waals surface area contributed by atoms with Crippen LogP contribution in [0.5, 0.6) is 11.5 Å². The molecule has 4 nitrogen and oxygen atoms in total. The third-order valence-corrected chi connectivity index (χ3v) is 3.90. The average Bonchev–Trinajstić information content (AvgIpc) is 2.82. The first-order valence-corrected chi connectivity index (χ1v) is 6.13. The van der Waals surface area contributed by atoms with Crippen molar-refractivity contribution in [1.82, 2.24) is 0 Å². The zero-order chi connectivity index (χ0) is 13.3. The Kier molecular flexibility index (Phi) is 3.20. The second kappa shape index (κ2) is 4.52. The molecule has 0 atom stereocenters. The molecule has 0 bridgehead atoms. The molecule has 2 N–H and O–H groups in total. The Morgan fingerprint density at radius 3 is 2.44 bits per heavy atom. The average molecular weight is 250 g/mol. The standard InChI is InChI=1S/C14H18O4/c1-9-7-10(11(15)8-12(9)18-2)14(13(16)17)5-3-4-6-14/h7-8,15H,3-6H2,1-2H3,(H,16,17). The van der Waals surface area contributed by atoms with E-state index < -0.39 is 11.4 Å². The highest BCUT2D eigenvalue weighted by molar-refractivity contribution is 5.83. The van der Waals surface area contributed by atoms with Gasteiger partial charge in [-0.1, -0.05) is 12.8 Å². The summed E-state index contributed by atoms with van der Waals surface area (Å²) in [5, 5.41) is 19.6. The molecule has 0 spiro atoms. The van der Waals surface area contributed by atoms with Crippen LogP contribution >= 0.6 is 0 Å². The zero-order valence-corrected chi connectivity index (χ0v) is 10.7. The van der Waals surface area contributed by atoms with Gasteiger partial charge in [-0.2, -0.15) is 0 Å². The molecule has 1 fully saturated rings. The molecule has 0 saturated heterocycles. The van der Waals surface area contributed by atoms with Gasteiger partial charge in [-0.25, -0.2) is 0 Å². The molecule has 0 aromatic heterocycles. The summed E-state index contributed by atoms with van der Waals surface area (Å²) in [7, 11) is 1.53. The fourth-order valence-corrected chi connectivity index (χ4v) is 2.86. The van der Waals surface area contributed by atoms with Crippen LogP contribution in [0.15, 0.2) is 12.1 Å². The summed E-state index contributed by atoms with van der Waals surface area (Å²) in [4.78, 5) is 11.6. The Balaban J connectivity index is 2.56. The van der Waals surface area contributed by atoms with Crippen LogP contribution in [-0.4, -0.2) is 23.3 Å². The van der Waals surface area contributed by atoms with Crippen LogP contribution in [0.3, 0.4) is 0 Å². The molecule has 2 rings (SSSR count). The molecule has 0 heterocycles. The van der Waals surface area contributed by atoms with E-state index in [4.69, 9.17) is 4.74 Å². The molecular weight excluding hydrogens is 232 g/mol. The van der Waals surface area contributed by atoms with Crippen molar-refractivity contribution in [2.45, 2.75) is 38.0 Å². The molecule has 0 aliphatic heterocycles. The number of aryl methyl sites for hydroxylation is 1. The molecule has 18 heavy (non-hydrogen) atoms. The second-order valence-electron chi connectivity index (χ2n) is 4.93. The number of methoxy groups -OCH3 is 1. The van der Waals surface area contributed by atoms with Crippen molar-refractivity contribution in [3.8, 4) is 11.5 Å². The van der Waals surface area contributed by atoms with Crippen LogP contribution in [0.25, 0.3) is 0 Å². The normalized spacial score (nSPS) is 17.7. The van der Waals surface area contributed by atoms with Gasteiger partial charge in [0.25, 0.3) is 0 Å². The molecule has 1 aliphatic carbocycles. The smallest absolute Gasteiger partial charge is 0.314 e. The quantitative estimate of drug-likeness (QED) is 0.865. The molecule has 0 unspecified atom stereocenters. The third kappa shape index (κ3) is 1.82. The first kappa shape index (κ1) is 12.7. The van der Waals surface area contributed by atoms with E-state index >= 15 is 0 Å². The van der Waals surface area contributed by atoms with Crippen LogP contribution in [0.1, 0.15) is 36.8 Å². The number of benzene rings is 1. The van der Waals surface area contributed by atoms with Gasteiger partial charge in [0.15, 0.2) is 0 Å². The highest BCUT2D eigenvalue weighted by atomic mass is 16.5. The summed E-state index contributed by atoms with van der Waals surface area (Å²) < 4.78 is 5.13. The van der Waals surface area contributed by atoms with Crippen LogP contribution in [0, 0.1) is 6.92 Å². The highest BCUT2D eigenvalue weighted by Gasteiger charge is 2.44. The van der Waals surface area contributed by atoms with Crippen molar-refractivity contribution >= 4 is 5.97 Å². The van der Waals surface area contributed by atoms with Gasteiger partial charge in [-0.3, -0.25) is 4.79 Å². The van der Waals surface area contributed by atoms with E-state index in [-0.39, 0.29) is 5.75 Å². The molecule has 98 valence electrons. The Hall–Kier alpha value is -1.71. The van der Waals surface area contributed by atoms with Gasteiger partial charge in [0.2, 0.25) is 0 Å². The second-order valence-corrected chi connectivity index (χ2v) is 4.93. The Labute approximate surface area is 106 Å². The van der Waals surface area contributed by atoms with Gasteiger partial charge in [0.05, 0.1) is 12.5 Å². The van der Waals surface area contributed by atoms with Crippen molar-refractivity contribution in [2.75, 3.05) is 7.11 Å². The van der Waals surface area contributed by atoms with Crippen LogP contribution in [0.4, 0.5) is 0 Å². The van der Waals surface area contributed by atoms with Gasteiger partial charge in [-0.05, 0) is 31.4 Å². The summed E-state index contributed by atoms with van der Waals surface area (Å²) in [6, 6.07) is 3.25. The predicted octanol–water partition coefficient (Wildman–Crippen LogP) is 2.61. The number of phenols is 1. The summed E-state index contributed by atoms with van der Waals surface area (Å²) in [6.07, 6.45) is 2.94. The van der Waals surface area contributed by atoms with E-state index in [2.05, 4.69) is 0 Å². The predicted molar refractivity (Wildman–Crippen MR) is 67.2 cm³/mol. The number of carbonyl (C=O) groups is 1. The number of aliphatic carboxylic acids is 1. The monoisotopic (exact) mass is 250 g/mol. The van der Waals surface area contributed by atoms with E-state index in [9.17, 15) is 15.0 Å². The maximum absolute atomic E-state index is 11.6. The van der Waals surface area contributed by atoms with Crippen molar-refractivity contribution in [3.63, 3.8) is 0 Å². The molecular formula is C14H18O4.